The number of benzene rings is 1. The van der Waals surface area contributed by atoms with Crippen molar-refractivity contribution < 1.29 is 0 Å². The third-order valence-electron chi connectivity index (χ3n) is 1.79. The molecule has 2 nitrogen and oxygen atoms in total. The van der Waals surface area contributed by atoms with Crippen molar-refractivity contribution in [1.82, 2.24) is 0 Å². The minimum absolute atomic E-state index is 0.678. The third-order valence-corrected chi connectivity index (χ3v) is 1.79. The fraction of sp³-hybridized carbons (Fsp3) is 0.250. The van der Waals surface area contributed by atoms with Crippen LogP contribution in [0.4, 0.5) is 5.69 Å². The molecule has 0 saturated carbocycles. The smallest absolute Gasteiger partial charge is 0.101 e. The lowest BCUT2D eigenvalue weighted by molar-refractivity contribution is 1.09. The molecule has 2 heteroatoms. The molecule has 0 aromatic heterocycles. The number of rotatable bonds is 3. The van der Waals surface area contributed by atoms with E-state index in [2.05, 4.69) is 23.2 Å². The second-order valence-electron chi connectivity index (χ2n) is 2.76. The van der Waals surface area contributed by atoms with E-state index in [1.54, 1.807) is 6.07 Å². The molecule has 70 valence electrons. The molecule has 0 aliphatic carbocycles. The van der Waals surface area contributed by atoms with Crippen molar-refractivity contribution in [2.75, 3.05) is 11.9 Å². The molecule has 0 atom stereocenters. The maximum Gasteiger partial charge on any atom is 0.101 e. The topological polar surface area (TPSA) is 35.8 Å². The standard InChI is InChI=1S/C12H12N2/c1-2-3-6-9-14-12-8-5-4-7-11(12)10-13/h4-5,7-8,14H,6,9H2,1H3. The van der Waals surface area contributed by atoms with E-state index < -0.39 is 0 Å². The molecule has 0 heterocycles. The molecule has 0 amide bonds. The second kappa shape index (κ2) is 5.67. The fourth-order valence-corrected chi connectivity index (χ4v) is 1.12. The van der Waals surface area contributed by atoms with E-state index in [9.17, 15) is 0 Å². The maximum atomic E-state index is 8.80. The van der Waals surface area contributed by atoms with Gasteiger partial charge in [-0.2, -0.15) is 5.26 Å². The van der Waals surface area contributed by atoms with Gasteiger partial charge in [0.05, 0.1) is 11.3 Å². The van der Waals surface area contributed by atoms with Gasteiger partial charge in [0.1, 0.15) is 6.07 Å². The molecular formula is C12H12N2. The molecule has 0 saturated heterocycles. The number of hydrogen-bond acceptors (Lipinski definition) is 2. The molecule has 1 rings (SSSR count). The van der Waals surface area contributed by atoms with Crippen LogP contribution in [0, 0.1) is 23.2 Å². The van der Waals surface area contributed by atoms with Crippen LogP contribution >= 0.6 is 0 Å². The zero-order valence-corrected chi connectivity index (χ0v) is 8.17. The van der Waals surface area contributed by atoms with Crippen LogP contribution in [0.25, 0.3) is 0 Å². The van der Waals surface area contributed by atoms with E-state index in [1.807, 2.05) is 25.1 Å². The Morgan fingerprint density at radius 3 is 2.86 bits per heavy atom. The summed E-state index contributed by atoms with van der Waals surface area (Å²) in [6, 6.07) is 9.61. The highest BCUT2D eigenvalue weighted by molar-refractivity contribution is 5.57. The van der Waals surface area contributed by atoms with Gasteiger partial charge in [-0.1, -0.05) is 12.1 Å². The first-order valence-corrected chi connectivity index (χ1v) is 4.51. The Kier molecular flexibility index (Phi) is 4.11. The van der Waals surface area contributed by atoms with Crippen molar-refractivity contribution in [1.29, 1.82) is 5.26 Å². The number of nitrogens with zero attached hydrogens (tertiary/aromatic N) is 1. The van der Waals surface area contributed by atoms with Gasteiger partial charge in [-0.15, -0.1) is 11.8 Å². The highest BCUT2D eigenvalue weighted by atomic mass is 14.9. The summed E-state index contributed by atoms with van der Waals surface area (Å²) in [6.07, 6.45) is 0.802. The predicted molar refractivity (Wildman–Crippen MR) is 57.7 cm³/mol. The van der Waals surface area contributed by atoms with Gasteiger partial charge in [-0.05, 0) is 19.1 Å². The van der Waals surface area contributed by atoms with Gasteiger partial charge in [-0.3, -0.25) is 0 Å². The summed E-state index contributed by atoms with van der Waals surface area (Å²) < 4.78 is 0. The Bertz CT molecular complexity index is 391. The number of hydrogen-bond donors (Lipinski definition) is 1. The molecule has 0 bridgehead atoms. The molecule has 1 aromatic carbocycles. The van der Waals surface area contributed by atoms with E-state index >= 15 is 0 Å². The lowest BCUT2D eigenvalue weighted by atomic mass is 10.2. The number of para-hydroxylation sites is 1. The van der Waals surface area contributed by atoms with E-state index in [1.165, 1.54) is 0 Å². The summed E-state index contributed by atoms with van der Waals surface area (Å²) in [5.41, 5.74) is 1.56. The number of nitrogens with one attached hydrogen (secondary N) is 1. The van der Waals surface area contributed by atoms with Gasteiger partial charge in [0, 0.05) is 13.0 Å². The Hall–Kier alpha value is -1.93. The SMILES string of the molecule is CC#CCCNc1ccccc1C#N. The highest BCUT2D eigenvalue weighted by Crippen LogP contribution is 2.12. The van der Waals surface area contributed by atoms with Crippen LogP contribution in [0.15, 0.2) is 24.3 Å². The van der Waals surface area contributed by atoms with Gasteiger partial charge in [0.2, 0.25) is 0 Å². The average Bonchev–Trinajstić information content (AvgIpc) is 2.25. The molecule has 1 aromatic rings. The molecule has 0 aliphatic rings. The third kappa shape index (κ3) is 2.84. The zero-order valence-electron chi connectivity index (χ0n) is 8.17. The highest BCUT2D eigenvalue weighted by Gasteiger charge is 1.97. The Morgan fingerprint density at radius 1 is 1.36 bits per heavy atom. The minimum atomic E-state index is 0.678. The molecule has 0 fully saturated rings. The molecule has 14 heavy (non-hydrogen) atoms. The molecule has 0 aliphatic heterocycles. The van der Waals surface area contributed by atoms with Crippen LogP contribution < -0.4 is 5.32 Å². The van der Waals surface area contributed by atoms with Crippen LogP contribution in [0.1, 0.15) is 18.9 Å². The van der Waals surface area contributed by atoms with Crippen LogP contribution in [0.2, 0.25) is 0 Å². The summed E-state index contributed by atoms with van der Waals surface area (Å²) in [7, 11) is 0. The summed E-state index contributed by atoms with van der Waals surface area (Å²) in [5.74, 6) is 5.79. The summed E-state index contributed by atoms with van der Waals surface area (Å²) in [5, 5.41) is 12.0. The van der Waals surface area contributed by atoms with Crippen LogP contribution in [-0.2, 0) is 0 Å². The normalized spacial score (nSPS) is 8.29. The van der Waals surface area contributed by atoms with Crippen molar-refractivity contribution in [3.8, 4) is 17.9 Å². The lowest BCUT2D eigenvalue weighted by Crippen LogP contribution is -2.01. The van der Waals surface area contributed by atoms with Crippen molar-refractivity contribution in [2.24, 2.45) is 0 Å². The Labute approximate surface area is 84.6 Å². The van der Waals surface area contributed by atoms with Crippen LogP contribution in [-0.4, -0.2) is 6.54 Å². The van der Waals surface area contributed by atoms with E-state index in [0.29, 0.717) is 5.56 Å². The van der Waals surface area contributed by atoms with Gasteiger partial charge in [0.15, 0.2) is 0 Å². The molecule has 0 spiro atoms. The first-order chi connectivity index (χ1) is 6.88. The summed E-state index contributed by atoms with van der Waals surface area (Å²) in [6.45, 7) is 2.60. The van der Waals surface area contributed by atoms with Gasteiger partial charge in [0.25, 0.3) is 0 Å². The zero-order chi connectivity index (χ0) is 10.2. The Morgan fingerprint density at radius 2 is 2.14 bits per heavy atom. The van der Waals surface area contributed by atoms with Crippen molar-refractivity contribution >= 4 is 5.69 Å². The summed E-state index contributed by atoms with van der Waals surface area (Å²) in [4.78, 5) is 0. The first kappa shape index (κ1) is 10.2. The molecule has 0 unspecified atom stereocenters. The Balaban J connectivity index is 2.57. The first-order valence-electron chi connectivity index (χ1n) is 4.51. The fourth-order valence-electron chi connectivity index (χ4n) is 1.12. The molecule has 1 N–H and O–H groups in total. The van der Waals surface area contributed by atoms with E-state index in [0.717, 1.165) is 18.7 Å². The van der Waals surface area contributed by atoms with Crippen LogP contribution in [0.5, 0.6) is 0 Å². The number of nitriles is 1. The van der Waals surface area contributed by atoms with Crippen molar-refractivity contribution in [3.05, 3.63) is 29.8 Å². The molecule has 0 radical (unpaired) electrons. The largest absolute Gasteiger partial charge is 0.383 e. The number of anilines is 1. The second-order valence-corrected chi connectivity index (χ2v) is 2.76. The predicted octanol–water partition coefficient (Wildman–Crippen LogP) is 2.38. The maximum absolute atomic E-state index is 8.80. The quantitative estimate of drug-likeness (QED) is 0.578. The van der Waals surface area contributed by atoms with Gasteiger partial charge in [-0.25, -0.2) is 0 Å². The summed E-state index contributed by atoms with van der Waals surface area (Å²) >= 11 is 0. The minimum Gasteiger partial charge on any atom is -0.383 e. The van der Waals surface area contributed by atoms with E-state index in [4.69, 9.17) is 5.26 Å². The lowest BCUT2D eigenvalue weighted by Gasteiger charge is -2.04. The van der Waals surface area contributed by atoms with Crippen molar-refractivity contribution in [3.63, 3.8) is 0 Å². The van der Waals surface area contributed by atoms with E-state index in [-0.39, 0.29) is 0 Å². The van der Waals surface area contributed by atoms with Crippen LogP contribution in [0.3, 0.4) is 0 Å². The van der Waals surface area contributed by atoms with Gasteiger partial charge < -0.3 is 5.32 Å². The monoisotopic (exact) mass is 184 g/mol. The molecular weight excluding hydrogens is 172 g/mol. The van der Waals surface area contributed by atoms with Crippen molar-refractivity contribution in [2.45, 2.75) is 13.3 Å². The average molecular weight is 184 g/mol. The van der Waals surface area contributed by atoms with Gasteiger partial charge >= 0.3 is 0 Å².